The van der Waals surface area contributed by atoms with E-state index in [0.29, 0.717) is 13.2 Å². The van der Waals surface area contributed by atoms with Gasteiger partial charge in [-0.1, -0.05) is 25.1 Å². The molecule has 1 aliphatic rings. The van der Waals surface area contributed by atoms with Crippen LogP contribution in [-0.4, -0.2) is 55.6 Å². The van der Waals surface area contributed by atoms with Gasteiger partial charge in [-0.05, 0) is 26.0 Å². The number of aliphatic hydroxyl groups excluding tert-OH is 1. The molecule has 1 aromatic carbocycles. The number of para-hydroxylation sites is 1. The molecule has 2 aromatic rings. The third-order valence-electron chi connectivity index (χ3n) is 4.75. The molecular formula is C20H29NO4. The fourth-order valence-electron chi connectivity index (χ4n) is 3.45. The van der Waals surface area contributed by atoms with Crippen LogP contribution in [0.3, 0.4) is 0 Å². The zero-order valence-corrected chi connectivity index (χ0v) is 15.2. The number of nitrogens with zero attached hydrogens (tertiary/aromatic N) is 1. The third-order valence-corrected chi connectivity index (χ3v) is 4.75. The van der Waals surface area contributed by atoms with Crippen molar-refractivity contribution in [3.63, 3.8) is 0 Å². The fraction of sp³-hybridized carbons (Fsp3) is 0.600. The van der Waals surface area contributed by atoms with Gasteiger partial charge in [0.05, 0.1) is 18.8 Å². The van der Waals surface area contributed by atoms with Crippen molar-refractivity contribution >= 4 is 11.0 Å². The summed E-state index contributed by atoms with van der Waals surface area (Å²) in [7, 11) is 2.03. The number of furan rings is 1. The van der Waals surface area contributed by atoms with E-state index < -0.39 is 6.10 Å². The third kappa shape index (κ3) is 4.82. The average Bonchev–Trinajstić information content (AvgIpc) is 2.98. The highest BCUT2D eigenvalue weighted by Crippen LogP contribution is 2.27. The predicted molar refractivity (Wildman–Crippen MR) is 97.7 cm³/mol. The second-order valence-electron chi connectivity index (χ2n) is 6.85. The Kier molecular flexibility index (Phi) is 6.48. The van der Waals surface area contributed by atoms with E-state index in [2.05, 4.69) is 17.9 Å². The molecule has 1 aliphatic heterocycles. The van der Waals surface area contributed by atoms with Crippen LogP contribution in [0.5, 0.6) is 0 Å². The number of likely N-dealkylation sites (N-methyl/N-ethyl adjacent to an activating group) is 1. The van der Waals surface area contributed by atoms with E-state index in [9.17, 15) is 5.11 Å². The molecule has 0 saturated carbocycles. The number of hydrogen-bond acceptors (Lipinski definition) is 5. The molecule has 0 bridgehead atoms. The van der Waals surface area contributed by atoms with Gasteiger partial charge in [0.25, 0.3) is 0 Å². The van der Waals surface area contributed by atoms with Crippen LogP contribution in [0, 0.1) is 0 Å². The maximum atomic E-state index is 10.3. The minimum Gasteiger partial charge on any atom is -0.461 e. The first-order chi connectivity index (χ1) is 12.2. The van der Waals surface area contributed by atoms with Crippen molar-refractivity contribution in [2.24, 2.45) is 0 Å². The lowest BCUT2D eigenvalue weighted by molar-refractivity contribution is -0.0634. The van der Waals surface area contributed by atoms with Crippen LogP contribution in [0.2, 0.25) is 0 Å². The summed E-state index contributed by atoms with van der Waals surface area (Å²) in [6, 6.07) is 8.15. The van der Waals surface area contributed by atoms with E-state index in [1.165, 1.54) is 10.9 Å². The van der Waals surface area contributed by atoms with Gasteiger partial charge in [0.2, 0.25) is 0 Å². The molecule has 5 heteroatoms. The zero-order valence-electron chi connectivity index (χ0n) is 15.2. The molecule has 1 saturated heterocycles. The Bertz CT molecular complexity index is 663. The lowest BCUT2D eigenvalue weighted by Crippen LogP contribution is -2.34. The summed E-state index contributed by atoms with van der Waals surface area (Å²) in [4.78, 5) is 2.13. The van der Waals surface area contributed by atoms with E-state index in [-0.39, 0.29) is 6.10 Å². The molecular weight excluding hydrogens is 318 g/mol. The highest BCUT2D eigenvalue weighted by Gasteiger charge is 2.18. The molecule has 0 spiro atoms. The van der Waals surface area contributed by atoms with Crippen molar-refractivity contribution in [2.75, 3.05) is 33.4 Å². The minimum absolute atomic E-state index is 0.221. The van der Waals surface area contributed by atoms with Crippen LogP contribution in [-0.2, 0) is 22.4 Å². The smallest absolute Gasteiger partial charge is 0.134 e. The number of aliphatic hydroxyl groups is 1. The molecule has 1 atom stereocenters. The molecule has 3 rings (SSSR count). The van der Waals surface area contributed by atoms with Crippen LogP contribution in [0.25, 0.3) is 11.0 Å². The molecule has 1 aromatic heterocycles. The molecule has 0 radical (unpaired) electrons. The highest BCUT2D eigenvalue weighted by atomic mass is 16.5. The summed E-state index contributed by atoms with van der Waals surface area (Å²) in [6.45, 7) is 5.34. The lowest BCUT2D eigenvalue weighted by atomic mass is 10.1. The van der Waals surface area contributed by atoms with Gasteiger partial charge in [-0.25, -0.2) is 0 Å². The maximum Gasteiger partial charge on any atom is 0.134 e. The molecule has 1 fully saturated rings. The van der Waals surface area contributed by atoms with Gasteiger partial charge in [-0.2, -0.15) is 0 Å². The number of aryl methyl sites for hydroxylation is 1. The Morgan fingerprint density at radius 2 is 2.04 bits per heavy atom. The second kappa shape index (κ2) is 8.81. The normalized spacial score (nSPS) is 17.4. The summed E-state index contributed by atoms with van der Waals surface area (Å²) >= 11 is 0. The number of rotatable bonds is 8. The summed E-state index contributed by atoms with van der Waals surface area (Å²) in [6.07, 6.45) is 2.44. The van der Waals surface area contributed by atoms with Crippen LogP contribution in [0.15, 0.2) is 28.7 Å². The van der Waals surface area contributed by atoms with Gasteiger partial charge >= 0.3 is 0 Å². The number of fused-ring (bicyclic) bond motifs is 1. The first-order valence-electron chi connectivity index (χ1n) is 9.22. The van der Waals surface area contributed by atoms with Crippen LogP contribution in [0.4, 0.5) is 0 Å². The van der Waals surface area contributed by atoms with Crippen molar-refractivity contribution in [3.8, 4) is 0 Å². The van der Waals surface area contributed by atoms with E-state index >= 15 is 0 Å². The van der Waals surface area contributed by atoms with Gasteiger partial charge in [-0.15, -0.1) is 0 Å². The number of ether oxygens (including phenoxy) is 2. The van der Waals surface area contributed by atoms with Gasteiger partial charge in [0.1, 0.15) is 11.3 Å². The molecule has 1 N–H and O–H groups in total. The summed E-state index contributed by atoms with van der Waals surface area (Å²) in [5.41, 5.74) is 2.16. The Morgan fingerprint density at radius 1 is 1.28 bits per heavy atom. The first-order valence-corrected chi connectivity index (χ1v) is 9.22. The predicted octanol–water partition coefficient (Wildman–Crippen LogP) is 2.98. The van der Waals surface area contributed by atoms with Gasteiger partial charge < -0.3 is 19.0 Å². The Morgan fingerprint density at radius 3 is 2.80 bits per heavy atom. The van der Waals surface area contributed by atoms with Crippen LogP contribution >= 0.6 is 0 Å². The number of hydrogen-bond donors (Lipinski definition) is 1. The van der Waals surface area contributed by atoms with E-state index in [0.717, 1.165) is 50.4 Å². The Labute approximate surface area is 149 Å². The van der Waals surface area contributed by atoms with Crippen molar-refractivity contribution in [3.05, 3.63) is 35.6 Å². The quantitative estimate of drug-likeness (QED) is 0.796. The van der Waals surface area contributed by atoms with Gasteiger partial charge in [0, 0.05) is 43.7 Å². The molecule has 138 valence electrons. The first kappa shape index (κ1) is 18.4. The standard InChI is InChI=1S/C20H29NO4/c1-3-19-18(17-6-4-5-7-20(17)25-19)13-21(2)12-15(22)14-24-16-8-10-23-11-9-16/h4-7,15-16,22H,3,8-14H2,1-2H3. The monoisotopic (exact) mass is 347 g/mol. The Balaban J connectivity index is 1.54. The van der Waals surface area contributed by atoms with E-state index in [1.807, 2.05) is 25.2 Å². The fourth-order valence-corrected chi connectivity index (χ4v) is 3.45. The van der Waals surface area contributed by atoms with Gasteiger partial charge in [0.15, 0.2) is 0 Å². The van der Waals surface area contributed by atoms with Crippen molar-refractivity contribution in [2.45, 2.75) is 44.9 Å². The zero-order chi connectivity index (χ0) is 17.6. The highest BCUT2D eigenvalue weighted by molar-refractivity contribution is 5.82. The van der Waals surface area contributed by atoms with Gasteiger partial charge in [-0.3, -0.25) is 4.90 Å². The SMILES string of the molecule is CCc1oc2ccccc2c1CN(C)CC(O)COC1CCOCC1. The minimum atomic E-state index is -0.490. The van der Waals surface area contributed by atoms with Crippen molar-refractivity contribution < 1.29 is 19.0 Å². The molecule has 5 nitrogen and oxygen atoms in total. The van der Waals surface area contributed by atoms with Crippen molar-refractivity contribution in [1.82, 2.24) is 4.90 Å². The number of benzene rings is 1. The molecule has 0 amide bonds. The lowest BCUT2D eigenvalue weighted by Gasteiger charge is -2.25. The van der Waals surface area contributed by atoms with Crippen LogP contribution < -0.4 is 0 Å². The maximum absolute atomic E-state index is 10.3. The Hall–Kier alpha value is -1.40. The van der Waals surface area contributed by atoms with E-state index in [1.54, 1.807) is 0 Å². The van der Waals surface area contributed by atoms with E-state index in [4.69, 9.17) is 13.9 Å². The second-order valence-corrected chi connectivity index (χ2v) is 6.85. The summed E-state index contributed by atoms with van der Waals surface area (Å²) in [5, 5.41) is 11.5. The summed E-state index contributed by atoms with van der Waals surface area (Å²) < 4.78 is 17.1. The largest absolute Gasteiger partial charge is 0.461 e. The molecule has 0 aliphatic carbocycles. The topological polar surface area (TPSA) is 55.1 Å². The van der Waals surface area contributed by atoms with Crippen LogP contribution in [0.1, 0.15) is 31.1 Å². The summed E-state index contributed by atoms with van der Waals surface area (Å²) in [5.74, 6) is 1.03. The molecule has 2 heterocycles. The van der Waals surface area contributed by atoms with Crippen molar-refractivity contribution in [1.29, 1.82) is 0 Å². The molecule has 25 heavy (non-hydrogen) atoms. The average molecular weight is 347 g/mol. The molecule has 1 unspecified atom stereocenters.